The fourth-order valence-electron chi connectivity index (χ4n) is 1.22. The summed E-state index contributed by atoms with van der Waals surface area (Å²) in [7, 11) is 0. The molecule has 0 fully saturated rings. The van der Waals surface area contributed by atoms with Crippen molar-refractivity contribution in [2.24, 2.45) is 5.92 Å². The third kappa shape index (κ3) is 3.91. The van der Waals surface area contributed by atoms with E-state index in [4.69, 9.17) is 16.9 Å². The minimum absolute atomic E-state index is 0.0471. The van der Waals surface area contributed by atoms with Gasteiger partial charge in [0.15, 0.2) is 0 Å². The van der Waals surface area contributed by atoms with Crippen molar-refractivity contribution in [1.82, 2.24) is 5.32 Å². The molecule has 1 aromatic carbocycles. The molecule has 15 heavy (non-hydrogen) atoms. The standard InChI is InChI=1S/C12H15ClN2/c1-9(6-14)7-15-8-11-4-3-10(2)12(13)5-11/h3-5,9,15H,7-8H2,1-2H3. The van der Waals surface area contributed by atoms with Crippen molar-refractivity contribution in [2.45, 2.75) is 20.4 Å². The minimum Gasteiger partial charge on any atom is -0.311 e. The van der Waals surface area contributed by atoms with Crippen LogP contribution in [0, 0.1) is 24.2 Å². The predicted molar refractivity (Wildman–Crippen MR) is 62.7 cm³/mol. The molecule has 0 aliphatic carbocycles. The molecular weight excluding hydrogens is 208 g/mol. The van der Waals surface area contributed by atoms with Gasteiger partial charge in [-0.15, -0.1) is 0 Å². The Balaban J connectivity index is 2.45. The van der Waals surface area contributed by atoms with E-state index in [1.165, 1.54) is 0 Å². The molecule has 0 amide bonds. The van der Waals surface area contributed by atoms with Crippen LogP contribution < -0.4 is 5.32 Å². The van der Waals surface area contributed by atoms with Gasteiger partial charge in [-0.25, -0.2) is 0 Å². The Morgan fingerprint density at radius 3 is 2.87 bits per heavy atom. The number of halogens is 1. The average Bonchev–Trinajstić information content (AvgIpc) is 2.23. The summed E-state index contributed by atoms with van der Waals surface area (Å²) in [5.41, 5.74) is 2.24. The Morgan fingerprint density at radius 2 is 2.27 bits per heavy atom. The van der Waals surface area contributed by atoms with Crippen molar-refractivity contribution in [3.05, 3.63) is 34.3 Å². The molecule has 1 aromatic rings. The highest BCUT2D eigenvalue weighted by molar-refractivity contribution is 6.31. The van der Waals surface area contributed by atoms with Gasteiger partial charge < -0.3 is 5.32 Å². The third-order valence-electron chi connectivity index (χ3n) is 2.24. The quantitative estimate of drug-likeness (QED) is 0.851. The molecule has 1 atom stereocenters. The lowest BCUT2D eigenvalue weighted by molar-refractivity contribution is 0.601. The molecule has 0 aliphatic rings. The SMILES string of the molecule is Cc1ccc(CNCC(C)C#N)cc1Cl. The highest BCUT2D eigenvalue weighted by Crippen LogP contribution is 2.16. The molecule has 0 radical (unpaired) electrons. The van der Waals surface area contributed by atoms with Crippen molar-refractivity contribution in [3.8, 4) is 6.07 Å². The van der Waals surface area contributed by atoms with Crippen LogP contribution in [0.5, 0.6) is 0 Å². The van der Waals surface area contributed by atoms with E-state index in [9.17, 15) is 0 Å². The Labute approximate surface area is 95.9 Å². The topological polar surface area (TPSA) is 35.8 Å². The van der Waals surface area contributed by atoms with Crippen molar-refractivity contribution in [3.63, 3.8) is 0 Å². The first-order valence-electron chi connectivity index (χ1n) is 4.99. The normalized spacial score (nSPS) is 12.1. The highest BCUT2D eigenvalue weighted by atomic mass is 35.5. The predicted octanol–water partition coefficient (Wildman–Crippen LogP) is 2.90. The van der Waals surface area contributed by atoms with Gasteiger partial charge in [0.2, 0.25) is 0 Å². The molecule has 0 aliphatic heterocycles. The van der Waals surface area contributed by atoms with Gasteiger partial charge in [0.25, 0.3) is 0 Å². The summed E-state index contributed by atoms with van der Waals surface area (Å²) in [6.45, 7) is 5.35. The summed E-state index contributed by atoms with van der Waals surface area (Å²) < 4.78 is 0. The Morgan fingerprint density at radius 1 is 1.53 bits per heavy atom. The van der Waals surface area contributed by atoms with Crippen LogP contribution in [-0.2, 0) is 6.54 Å². The highest BCUT2D eigenvalue weighted by Gasteiger charge is 2.00. The molecule has 80 valence electrons. The summed E-state index contributed by atoms with van der Waals surface area (Å²) in [5, 5.41) is 12.6. The molecular formula is C12H15ClN2. The first kappa shape index (κ1) is 12.0. The van der Waals surface area contributed by atoms with Crippen molar-refractivity contribution < 1.29 is 0 Å². The number of nitrogens with zero attached hydrogens (tertiary/aromatic N) is 1. The molecule has 0 heterocycles. The smallest absolute Gasteiger partial charge is 0.0666 e. The second-order valence-corrected chi connectivity index (χ2v) is 4.15. The molecule has 1 N–H and O–H groups in total. The average molecular weight is 223 g/mol. The number of nitriles is 1. The fourth-order valence-corrected chi connectivity index (χ4v) is 1.43. The van der Waals surface area contributed by atoms with Gasteiger partial charge in [-0.2, -0.15) is 5.26 Å². The lowest BCUT2D eigenvalue weighted by atomic mass is 10.1. The maximum Gasteiger partial charge on any atom is 0.0666 e. The zero-order chi connectivity index (χ0) is 11.3. The van der Waals surface area contributed by atoms with Gasteiger partial charge in [-0.1, -0.05) is 23.7 Å². The molecule has 2 nitrogen and oxygen atoms in total. The lowest BCUT2D eigenvalue weighted by Crippen LogP contribution is -2.19. The molecule has 0 bridgehead atoms. The van der Waals surface area contributed by atoms with Crippen LogP contribution in [0.3, 0.4) is 0 Å². The molecule has 1 unspecified atom stereocenters. The second-order valence-electron chi connectivity index (χ2n) is 3.74. The molecule has 1 rings (SSSR count). The fraction of sp³-hybridized carbons (Fsp3) is 0.417. The number of benzene rings is 1. The molecule has 0 spiro atoms. The van der Waals surface area contributed by atoms with Crippen LogP contribution in [0.4, 0.5) is 0 Å². The van der Waals surface area contributed by atoms with Gasteiger partial charge in [-0.05, 0) is 31.0 Å². The first-order chi connectivity index (χ1) is 7.13. The maximum atomic E-state index is 8.60. The summed E-state index contributed by atoms with van der Waals surface area (Å²) in [5.74, 6) is 0.0471. The van der Waals surface area contributed by atoms with Crippen molar-refractivity contribution in [1.29, 1.82) is 5.26 Å². The summed E-state index contributed by atoms with van der Waals surface area (Å²) >= 11 is 6.00. The molecule has 0 saturated carbocycles. The van der Waals surface area contributed by atoms with E-state index in [0.717, 1.165) is 22.7 Å². The monoisotopic (exact) mass is 222 g/mol. The number of hydrogen-bond acceptors (Lipinski definition) is 2. The van der Waals surface area contributed by atoms with E-state index in [1.807, 2.05) is 32.0 Å². The molecule has 3 heteroatoms. The van der Waals surface area contributed by atoms with Crippen LogP contribution in [0.2, 0.25) is 5.02 Å². The Bertz CT molecular complexity index is 368. The summed E-state index contributed by atoms with van der Waals surface area (Å²) in [4.78, 5) is 0. The van der Waals surface area contributed by atoms with Gasteiger partial charge in [0, 0.05) is 18.1 Å². The number of aryl methyl sites for hydroxylation is 1. The summed E-state index contributed by atoms with van der Waals surface area (Å²) in [6, 6.07) is 8.20. The van der Waals surface area contributed by atoms with E-state index in [2.05, 4.69) is 11.4 Å². The van der Waals surface area contributed by atoms with E-state index in [0.29, 0.717) is 6.54 Å². The lowest BCUT2D eigenvalue weighted by Gasteiger charge is -2.07. The number of nitrogens with one attached hydrogen (secondary N) is 1. The van der Waals surface area contributed by atoms with Gasteiger partial charge >= 0.3 is 0 Å². The minimum atomic E-state index is 0.0471. The largest absolute Gasteiger partial charge is 0.311 e. The van der Waals surface area contributed by atoms with Crippen LogP contribution in [-0.4, -0.2) is 6.54 Å². The molecule has 0 aromatic heterocycles. The van der Waals surface area contributed by atoms with Crippen LogP contribution in [0.15, 0.2) is 18.2 Å². The second kappa shape index (κ2) is 5.75. The van der Waals surface area contributed by atoms with E-state index in [-0.39, 0.29) is 5.92 Å². The van der Waals surface area contributed by atoms with Crippen molar-refractivity contribution in [2.75, 3.05) is 6.54 Å². The third-order valence-corrected chi connectivity index (χ3v) is 2.64. The van der Waals surface area contributed by atoms with Crippen LogP contribution >= 0.6 is 11.6 Å². The first-order valence-corrected chi connectivity index (χ1v) is 5.36. The zero-order valence-electron chi connectivity index (χ0n) is 9.05. The van der Waals surface area contributed by atoms with Gasteiger partial charge in [0.1, 0.15) is 0 Å². The molecule has 0 saturated heterocycles. The Kier molecular flexibility index (Phi) is 4.61. The maximum absolute atomic E-state index is 8.60. The Hall–Kier alpha value is -1.04. The van der Waals surface area contributed by atoms with E-state index < -0.39 is 0 Å². The zero-order valence-corrected chi connectivity index (χ0v) is 9.80. The van der Waals surface area contributed by atoms with E-state index >= 15 is 0 Å². The van der Waals surface area contributed by atoms with Gasteiger partial charge in [0.05, 0.1) is 12.0 Å². The van der Waals surface area contributed by atoms with Crippen LogP contribution in [0.25, 0.3) is 0 Å². The summed E-state index contributed by atoms with van der Waals surface area (Å²) in [6.07, 6.45) is 0. The van der Waals surface area contributed by atoms with Gasteiger partial charge in [-0.3, -0.25) is 0 Å². The number of rotatable bonds is 4. The van der Waals surface area contributed by atoms with Crippen molar-refractivity contribution >= 4 is 11.6 Å². The number of hydrogen-bond donors (Lipinski definition) is 1. The van der Waals surface area contributed by atoms with Crippen LogP contribution in [0.1, 0.15) is 18.1 Å². The van der Waals surface area contributed by atoms with E-state index in [1.54, 1.807) is 0 Å².